The minimum Gasteiger partial charge on any atom is -0.339 e. The van der Waals surface area contributed by atoms with Gasteiger partial charge in [-0.2, -0.15) is 0 Å². The molecular weight excluding hydrogens is 316 g/mol. The molecule has 1 aliphatic heterocycles. The van der Waals surface area contributed by atoms with Gasteiger partial charge in [0.2, 0.25) is 5.91 Å². The van der Waals surface area contributed by atoms with E-state index >= 15 is 0 Å². The lowest BCUT2D eigenvalue weighted by atomic mass is 10.1. The van der Waals surface area contributed by atoms with Crippen molar-refractivity contribution in [2.75, 3.05) is 19.6 Å². The van der Waals surface area contributed by atoms with Crippen LogP contribution >= 0.6 is 0 Å². The van der Waals surface area contributed by atoms with Gasteiger partial charge in [-0.25, -0.2) is 13.6 Å². The quantitative estimate of drug-likeness (QED) is 0.832. The largest absolute Gasteiger partial charge is 0.339 e. The summed E-state index contributed by atoms with van der Waals surface area (Å²) in [5, 5.41) is 5.40. The standard InChI is InChI=1S/C17H21F2N3O2/c18-13-2-1-12(15(19)8-13)5-6-20-17(24)21-9-11-7-16(23)22(10-11)14-3-4-14/h1-2,8,11,14H,3-7,9-10H2,(H2,20,21,24). The molecule has 1 heterocycles. The van der Waals surface area contributed by atoms with Gasteiger partial charge in [0.1, 0.15) is 11.6 Å². The molecule has 0 aromatic heterocycles. The van der Waals surface area contributed by atoms with Crippen molar-refractivity contribution in [3.8, 4) is 0 Å². The van der Waals surface area contributed by atoms with Gasteiger partial charge in [0, 0.05) is 44.1 Å². The molecule has 1 aliphatic carbocycles. The summed E-state index contributed by atoms with van der Waals surface area (Å²) in [6, 6.07) is 3.48. The highest BCUT2D eigenvalue weighted by molar-refractivity contribution is 5.79. The number of carbonyl (C=O) groups is 2. The fraction of sp³-hybridized carbons (Fsp3) is 0.529. The van der Waals surface area contributed by atoms with Crippen molar-refractivity contribution < 1.29 is 18.4 Å². The highest BCUT2D eigenvalue weighted by Crippen LogP contribution is 2.32. The van der Waals surface area contributed by atoms with Crippen molar-refractivity contribution in [3.05, 3.63) is 35.4 Å². The minimum atomic E-state index is -0.617. The molecule has 2 N–H and O–H groups in total. The zero-order valence-electron chi connectivity index (χ0n) is 13.4. The van der Waals surface area contributed by atoms with Crippen molar-refractivity contribution in [2.45, 2.75) is 31.7 Å². The van der Waals surface area contributed by atoms with Gasteiger partial charge in [0.25, 0.3) is 0 Å². The Kier molecular flexibility index (Phi) is 4.97. The maximum atomic E-state index is 13.5. The molecule has 2 fully saturated rings. The average Bonchev–Trinajstić information content (AvgIpc) is 3.31. The first-order valence-electron chi connectivity index (χ1n) is 8.28. The third-order valence-electron chi connectivity index (χ3n) is 4.47. The maximum absolute atomic E-state index is 13.5. The summed E-state index contributed by atoms with van der Waals surface area (Å²) in [5.74, 6) is -0.898. The number of urea groups is 1. The van der Waals surface area contributed by atoms with Crippen molar-refractivity contribution >= 4 is 11.9 Å². The lowest BCUT2D eigenvalue weighted by Crippen LogP contribution is -2.39. The molecule has 3 rings (SSSR count). The van der Waals surface area contributed by atoms with Crippen molar-refractivity contribution in [2.24, 2.45) is 5.92 Å². The third-order valence-corrected chi connectivity index (χ3v) is 4.47. The lowest BCUT2D eigenvalue weighted by molar-refractivity contribution is -0.128. The predicted octanol–water partition coefficient (Wildman–Crippen LogP) is 1.82. The highest BCUT2D eigenvalue weighted by atomic mass is 19.1. The molecule has 0 spiro atoms. The van der Waals surface area contributed by atoms with Crippen LogP contribution in [0.3, 0.4) is 0 Å². The van der Waals surface area contributed by atoms with Gasteiger partial charge in [0.15, 0.2) is 0 Å². The number of benzene rings is 1. The van der Waals surface area contributed by atoms with E-state index in [2.05, 4.69) is 10.6 Å². The summed E-state index contributed by atoms with van der Waals surface area (Å²) in [7, 11) is 0. The first kappa shape index (κ1) is 16.7. The number of halogens is 2. The Hall–Kier alpha value is -2.18. The number of rotatable bonds is 6. The van der Waals surface area contributed by atoms with Crippen LogP contribution in [0.15, 0.2) is 18.2 Å². The van der Waals surface area contributed by atoms with Gasteiger partial charge >= 0.3 is 6.03 Å². The lowest BCUT2D eigenvalue weighted by Gasteiger charge is -2.15. The van der Waals surface area contributed by atoms with E-state index < -0.39 is 11.6 Å². The minimum absolute atomic E-state index is 0.151. The van der Waals surface area contributed by atoms with E-state index in [9.17, 15) is 18.4 Å². The predicted molar refractivity (Wildman–Crippen MR) is 84.3 cm³/mol. The van der Waals surface area contributed by atoms with E-state index in [0.717, 1.165) is 18.9 Å². The summed E-state index contributed by atoms with van der Waals surface area (Å²) in [4.78, 5) is 25.5. The smallest absolute Gasteiger partial charge is 0.314 e. The van der Waals surface area contributed by atoms with Crippen LogP contribution in [0.5, 0.6) is 0 Å². The van der Waals surface area contributed by atoms with Crippen LogP contribution in [0.2, 0.25) is 0 Å². The number of likely N-dealkylation sites (tertiary alicyclic amines) is 1. The maximum Gasteiger partial charge on any atom is 0.314 e. The summed E-state index contributed by atoms with van der Waals surface area (Å²) < 4.78 is 26.3. The van der Waals surface area contributed by atoms with Gasteiger partial charge in [-0.3, -0.25) is 4.79 Å². The molecule has 0 bridgehead atoms. The Labute approximate surface area is 139 Å². The molecule has 3 amide bonds. The first-order valence-corrected chi connectivity index (χ1v) is 8.28. The van der Waals surface area contributed by atoms with Crippen LogP contribution in [0.25, 0.3) is 0 Å². The van der Waals surface area contributed by atoms with Crippen LogP contribution in [-0.4, -0.2) is 42.5 Å². The Bertz CT molecular complexity index is 634. The molecule has 1 saturated heterocycles. The van der Waals surface area contributed by atoms with Crippen LogP contribution in [0, 0.1) is 17.6 Å². The molecule has 7 heteroatoms. The van der Waals surface area contributed by atoms with Crippen molar-refractivity contribution in [3.63, 3.8) is 0 Å². The van der Waals surface area contributed by atoms with E-state index in [1.165, 1.54) is 12.1 Å². The molecule has 2 aliphatic rings. The second kappa shape index (κ2) is 7.15. The van der Waals surface area contributed by atoms with E-state index in [1.807, 2.05) is 4.90 Å². The SMILES string of the molecule is O=C(NCCc1ccc(F)cc1F)NCC1CC(=O)N(C2CC2)C1. The Morgan fingerprint density at radius 1 is 1.25 bits per heavy atom. The van der Waals surface area contributed by atoms with Crippen molar-refractivity contribution in [1.29, 1.82) is 0 Å². The molecule has 0 radical (unpaired) electrons. The zero-order valence-corrected chi connectivity index (χ0v) is 13.4. The van der Waals surface area contributed by atoms with Crippen LogP contribution in [0.4, 0.5) is 13.6 Å². The summed E-state index contributed by atoms with van der Waals surface area (Å²) in [5.41, 5.74) is 0.359. The number of carbonyl (C=O) groups excluding carboxylic acids is 2. The summed E-state index contributed by atoms with van der Waals surface area (Å²) >= 11 is 0. The molecule has 130 valence electrons. The molecule has 24 heavy (non-hydrogen) atoms. The van der Waals surface area contributed by atoms with Crippen molar-refractivity contribution in [1.82, 2.24) is 15.5 Å². The first-order chi connectivity index (χ1) is 11.5. The molecule has 1 unspecified atom stereocenters. The Balaban J connectivity index is 1.35. The Morgan fingerprint density at radius 3 is 2.75 bits per heavy atom. The highest BCUT2D eigenvalue weighted by Gasteiger charge is 2.39. The van der Waals surface area contributed by atoms with Crippen LogP contribution in [0.1, 0.15) is 24.8 Å². The van der Waals surface area contributed by atoms with Gasteiger partial charge in [-0.05, 0) is 30.9 Å². The van der Waals surface area contributed by atoms with E-state index in [4.69, 9.17) is 0 Å². The van der Waals surface area contributed by atoms with E-state index in [-0.39, 0.29) is 30.8 Å². The monoisotopic (exact) mass is 337 g/mol. The van der Waals surface area contributed by atoms with Crippen LogP contribution < -0.4 is 10.6 Å². The van der Waals surface area contributed by atoms with Gasteiger partial charge < -0.3 is 15.5 Å². The van der Waals surface area contributed by atoms with Gasteiger partial charge in [0.05, 0.1) is 0 Å². The molecule has 1 atom stereocenters. The van der Waals surface area contributed by atoms with E-state index in [0.29, 0.717) is 31.1 Å². The average molecular weight is 337 g/mol. The van der Waals surface area contributed by atoms with Crippen LogP contribution in [-0.2, 0) is 11.2 Å². The number of nitrogens with zero attached hydrogens (tertiary/aromatic N) is 1. The number of hydrogen-bond acceptors (Lipinski definition) is 2. The Morgan fingerprint density at radius 2 is 2.04 bits per heavy atom. The second-order valence-electron chi connectivity index (χ2n) is 6.47. The number of hydrogen-bond donors (Lipinski definition) is 2. The fourth-order valence-corrected chi connectivity index (χ4v) is 3.02. The van der Waals surface area contributed by atoms with Gasteiger partial charge in [-0.1, -0.05) is 6.07 Å². The molecule has 1 saturated carbocycles. The fourth-order valence-electron chi connectivity index (χ4n) is 3.02. The third kappa shape index (κ3) is 4.21. The second-order valence-corrected chi connectivity index (χ2v) is 6.47. The number of nitrogens with one attached hydrogen (secondary N) is 2. The topological polar surface area (TPSA) is 61.4 Å². The van der Waals surface area contributed by atoms with E-state index in [1.54, 1.807) is 0 Å². The molecular formula is C17H21F2N3O2. The summed E-state index contributed by atoms with van der Waals surface area (Å²) in [6.45, 7) is 1.42. The van der Waals surface area contributed by atoms with Gasteiger partial charge in [-0.15, -0.1) is 0 Å². The normalized spacial score (nSPS) is 20.3. The zero-order chi connectivity index (χ0) is 17.1. The summed E-state index contributed by atoms with van der Waals surface area (Å²) in [6.07, 6.45) is 2.95. The molecule has 1 aromatic carbocycles. The molecule has 1 aromatic rings. The molecule has 5 nitrogen and oxygen atoms in total. The number of amides is 3.